The zero-order chi connectivity index (χ0) is 16.5. The molecule has 1 atom stereocenters. The molecule has 1 saturated carbocycles. The van der Waals surface area contributed by atoms with E-state index < -0.39 is 10.0 Å². The van der Waals surface area contributed by atoms with Crippen LogP contribution in [0, 0.1) is 5.92 Å². The van der Waals surface area contributed by atoms with Crippen molar-refractivity contribution in [2.24, 2.45) is 5.92 Å². The Labute approximate surface area is 132 Å². The van der Waals surface area contributed by atoms with Gasteiger partial charge in [-0.05, 0) is 49.9 Å². The standard InChI is InChI=1S/C16H24N2O3S/c1-11(2)12(3)18(15-9-10-15)16(19)13-5-7-14(8-6-13)17-22(4,20)21/h5-8,11-12,15,17H,9-10H2,1-4H3/t12-/m0/s1. The van der Waals surface area contributed by atoms with Gasteiger partial charge in [0.15, 0.2) is 0 Å². The van der Waals surface area contributed by atoms with E-state index in [-0.39, 0.29) is 11.9 Å². The van der Waals surface area contributed by atoms with Crippen LogP contribution in [0.2, 0.25) is 0 Å². The number of hydrogen-bond acceptors (Lipinski definition) is 3. The van der Waals surface area contributed by atoms with Crippen LogP contribution in [0.5, 0.6) is 0 Å². The van der Waals surface area contributed by atoms with Crippen molar-refractivity contribution < 1.29 is 13.2 Å². The van der Waals surface area contributed by atoms with Crippen LogP contribution in [0.25, 0.3) is 0 Å². The molecule has 0 heterocycles. The predicted octanol–water partition coefficient (Wildman–Crippen LogP) is 2.71. The Balaban J connectivity index is 2.17. The fourth-order valence-corrected chi connectivity index (χ4v) is 2.97. The molecule has 0 radical (unpaired) electrons. The van der Waals surface area contributed by atoms with Gasteiger partial charge in [-0.1, -0.05) is 13.8 Å². The lowest BCUT2D eigenvalue weighted by Crippen LogP contribution is -2.43. The highest BCUT2D eigenvalue weighted by Gasteiger charge is 2.36. The molecule has 1 aliphatic carbocycles. The van der Waals surface area contributed by atoms with Crippen molar-refractivity contribution in [1.82, 2.24) is 4.90 Å². The molecule has 1 fully saturated rings. The quantitative estimate of drug-likeness (QED) is 0.875. The van der Waals surface area contributed by atoms with Crippen molar-refractivity contribution in [3.8, 4) is 0 Å². The van der Waals surface area contributed by atoms with Crippen molar-refractivity contribution >= 4 is 21.6 Å². The van der Waals surface area contributed by atoms with E-state index in [2.05, 4.69) is 25.5 Å². The number of anilines is 1. The molecule has 1 amide bonds. The SMILES string of the molecule is CC(C)[C@H](C)N(C(=O)c1ccc(NS(C)(=O)=O)cc1)C1CC1. The largest absolute Gasteiger partial charge is 0.333 e. The van der Waals surface area contributed by atoms with Gasteiger partial charge in [0.2, 0.25) is 10.0 Å². The van der Waals surface area contributed by atoms with Crippen molar-refractivity contribution in [3.63, 3.8) is 0 Å². The van der Waals surface area contributed by atoms with Gasteiger partial charge in [0.1, 0.15) is 0 Å². The molecule has 1 N–H and O–H groups in total. The Kier molecular flexibility index (Phi) is 4.80. The molecular weight excluding hydrogens is 300 g/mol. The van der Waals surface area contributed by atoms with Gasteiger partial charge in [-0.2, -0.15) is 0 Å². The van der Waals surface area contributed by atoms with Crippen molar-refractivity contribution in [1.29, 1.82) is 0 Å². The zero-order valence-corrected chi connectivity index (χ0v) is 14.4. The van der Waals surface area contributed by atoms with Crippen LogP contribution in [-0.4, -0.2) is 37.6 Å². The van der Waals surface area contributed by atoms with Crippen molar-refractivity contribution in [2.45, 2.75) is 45.7 Å². The van der Waals surface area contributed by atoms with Gasteiger partial charge in [0.05, 0.1) is 6.26 Å². The molecular formula is C16H24N2O3S. The van der Waals surface area contributed by atoms with Gasteiger partial charge in [0, 0.05) is 23.3 Å². The summed E-state index contributed by atoms with van der Waals surface area (Å²) in [4.78, 5) is 14.7. The smallest absolute Gasteiger partial charge is 0.254 e. The molecule has 0 bridgehead atoms. The average Bonchev–Trinajstić information content (AvgIpc) is 3.22. The Morgan fingerprint density at radius 2 is 1.73 bits per heavy atom. The van der Waals surface area contributed by atoms with E-state index in [1.54, 1.807) is 24.3 Å². The predicted molar refractivity (Wildman–Crippen MR) is 88.4 cm³/mol. The molecule has 0 unspecified atom stereocenters. The van der Waals surface area contributed by atoms with E-state index in [1.807, 2.05) is 4.90 Å². The van der Waals surface area contributed by atoms with Crippen LogP contribution >= 0.6 is 0 Å². The van der Waals surface area contributed by atoms with E-state index >= 15 is 0 Å². The van der Waals surface area contributed by atoms with Gasteiger partial charge >= 0.3 is 0 Å². The van der Waals surface area contributed by atoms with Gasteiger partial charge in [-0.25, -0.2) is 8.42 Å². The summed E-state index contributed by atoms with van der Waals surface area (Å²) in [5.74, 6) is 0.422. The molecule has 122 valence electrons. The second-order valence-electron chi connectivity index (χ2n) is 6.38. The topological polar surface area (TPSA) is 66.5 Å². The molecule has 0 saturated heterocycles. The minimum absolute atomic E-state index is 0.0228. The lowest BCUT2D eigenvalue weighted by atomic mass is 10.0. The summed E-state index contributed by atoms with van der Waals surface area (Å²) in [7, 11) is -3.30. The van der Waals surface area contributed by atoms with Crippen molar-refractivity contribution in [3.05, 3.63) is 29.8 Å². The first kappa shape index (κ1) is 16.8. The molecule has 1 aromatic rings. The van der Waals surface area contributed by atoms with Crippen LogP contribution in [-0.2, 0) is 10.0 Å². The number of rotatable bonds is 6. The van der Waals surface area contributed by atoms with Crippen LogP contribution in [0.3, 0.4) is 0 Å². The highest BCUT2D eigenvalue weighted by Crippen LogP contribution is 2.32. The van der Waals surface area contributed by atoms with Gasteiger partial charge in [0.25, 0.3) is 5.91 Å². The molecule has 1 aromatic carbocycles. The molecule has 1 aliphatic rings. The Morgan fingerprint density at radius 1 is 1.18 bits per heavy atom. The fourth-order valence-electron chi connectivity index (χ4n) is 2.40. The Hall–Kier alpha value is -1.56. The van der Waals surface area contributed by atoms with E-state index in [0.29, 0.717) is 23.2 Å². The third-order valence-electron chi connectivity index (χ3n) is 4.01. The minimum atomic E-state index is -3.30. The highest BCUT2D eigenvalue weighted by atomic mass is 32.2. The normalized spacial score (nSPS) is 16.4. The van der Waals surface area contributed by atoms with Crippen LogP contribution in [0.1, 0.15) is 44.0 Å². The van der Waals surface area contributed by atoms with E-state index in [0.717, 1.165) is 19.1 Å². The molecule has 22 heavy (non-hydrogen) atoms. The van der Waals surface area contributed by atoms with E-state index in [4.69, 9.17) is 0 Å². The van der Waals surface area contributed by atoms with Gasteiger partial charge in [-0.15, -0.1) is 0 Å². The second kappa shape index (κ2) is 6.28. The van der Waals surface area contributed by atoms with Crippen molar-refractivity contribution in [2.75, 3.05) is 11.0 Å². The average molecular weight is 324 g/mol. The van der Waals surface area contributed by atoms with E-state index in [1.165, 1.54) is 0 Å². The lowest BCUT2D eigenvalue weighted by molar-refractivity contribution is 0.0628. The minimum Gasteiger partial charge on any atom is -0.333 e. The molecule has 2 rings (SSSR count). The molecule has 6 heteroatoms. The Bertz CT molecular complexity index is 634. The Morgan fingerprint density at radius 3 is 2.14 bits per heavy atom. The second-order valence-corrected chi connectivity index (χ2v) is 8.13. The maximum atomic E-state index is 12.8. The summed E-state index contributed by atoms with van der Waals surface area (Å²) in [5.41, 5.74) is 1.06. The number of sulfonamides is 1. The summed E-state index contributed by atoms with van der Waals surface area (Å²) >= 11 is 0. The number of nitrogens with zero attached hydrogens (tertiary/aromatic N) is 1. The number of hydrogen-bond donors (Lipinski definition) is 1. The highest BCUT2D eigenvalue weighted by molar-refractivity contribution is 7.92. The molecule has 5 nitrogen and oxygen atoms in total. The first-order valence-corrected chi connectivity index (χ1v) is 9.48. The first-order valence-electron chi connectivity index (χ1n) is 7.59. The molecule has 0 spiro atoms. The number of carbonyl (C=O) groups excluding carboxylic acids is 1. The summed E-state index contributed by atoms with van der Waals surface area (Å²) in [6.07, 6.45) is 3.23. The summed E-state index contributed by atoms with van der Waals surface area (Å²) in [6.45, 7) is 6.32. The first-order chi connectivity index (χ1) is 10.2. The van der Waals surface area contributed by atoms with Crippen LogP contribution in [0.15, 0.2) is 24.3 Å². The monoisotopic (exact) mass is 324 g/mol. The van der Waals surface area contributed by atoms with E-state index in [9.17, 15) is 13.2 Å². The molecule has 0 aliphatic heterocycles. The summed E-state index contributed by atoms with van der Waals surface area (Å²) in [5, 5.41) is 0. The molecule has 0 aromatic heterocycles. The maximum Gasteiger partial charge on any atom is 0.254 e. The maximum absolute atomic E-state index is 12.8. The lowest BCUT2D eigenvalue weighted by Gasteiger charge is -2.32. The number of amides is 1. The number of benzene rings is 1. The van der Waals surface area contributed by atoms with Crippen LogP contribution < -0.4 is 4.72 Å². The number of carbonyl (C=O) groups is 1. The number of nitrogens with one attached hydrogen (secondary N) is 1. The summed E-state index contributed by atoms with van der Waals surface area (Å²) in [6, 6.07) is 7.14. The fraction of sp³-hybridized carbons (Fsp3) is 0.562. The summed E-state index contributed by atoms with van der Waals surface area (Å²) < 4.78 is 24.8. The van der Waals surface area contributed by atoms with Gasteiger partial charge < -0.3 is 4.90 Å². The third-order valence-corrected chi connectivity index (χ3v) is 4.62. The van der Waals surface area contributed by atoms with Gasteiger partial charge in [-0.3, -0.25) is 9.52 Å². The zero-order valence-electron chi connectivity index (χ0n) is 13.5. The third kappa shape index (κ3) is 4.22. The van der Waals surface area contributed by atoms with Crippen LogP contribution in [0.4, 0.5) is 5.69 Å².